The maximum atomic E-state index is 12.5. The molecule has 0 N–H and O–H groups in total. The highest BCUT2D eigenvalue weighted by Gasteiger charge is 2.52. The zero-order valence-corrected chi connectivity index (χ0v) is 14.2. The van der Waals surface area contributed by atoms with Crippen molar-refractivity contribution < 1.29 is 14.3 Å². The molecule has 0 saturated heterocycles. The number of allylic oxidation sites excluding steroid dienone is 2. The summed E-state index contributed by atoms with van der Waals surface area (Å²) in [6.07, 6.45) is 4.45. The van der Waals surface area contributed by atoms with Gasteiger partial charge in [-0.3, -0.25) is 4.79 Å². The Balaban J connectivity index is 2.36. The van der Waals surface area contributed by atoms with Gasteiger partial charge in [0, 0.05) is 10.5 Å². The fourth-order valence-corrected chi connectivity index (χ4v) is 3.28. The van der Waals surface area contributed by atoms with Crippen LogP contribution < -0.4 is 0 Å². The summed E-state index contributed by atoms with van der Waals surface area (Å²) in [4.78, 5) is 27.3. The molecule has 1 aromatic carbocycles. The molecule has 0 bridgehead atoms. The summed E-state index contributed by atoms with van der Waals surface area (Å²) in [5, 5.41) is 3.59. The van der Waals surface area contributed by atoms with E-state index >= 15 is 0 Å². The third-order valence-electron chi connectivity index (χ3n) is 4.24. The first-order valence-electron chi connectivity index (χ1n) is 7.84. The Morgan fingerprint density at radius 3 is 2.44 bits per heavy atom. The predicted molar refractivity (Wildman–Crippen MR) is 93.0 cm³/mol. The molecule has 1 spiro atoms. The quantitative estimate of drug-likeness (QED) is 0.352. The van der Waals surface area contributed by atoms with Crippen LogP contribution in [0.2, 0.25) is 0 Å². The minimum absolute atomic E-state index is 0.0807. The van der Waals surface area contributed by atoms with Gasteiger partial charge in [-0.1, -0.05) is 56.2 Å². The van der Waals surface area contributed by atoms with Gasteiger partial charge in [-0.15, -0.1) is 0 Å². The van der Waals surface area contributed by atoms with Crippen molar-refractivity contribution in [1.29, 1.82) is 0 Å². The van der Waals surface area contributed by atoms with Crippen LogP contribution in [0.5, 0.6) is 0 Å². The van der Waals surface area contributed by atoms with Gasteiger partial charge in [0.1, 0.15) is 5.70 Å². The second kappa shape index (κ2) is 5.76. The Bertz CT molecular complexity index is 898. The molecule has 6 heteroatoms. The van der Waals surface area contributed by atoms with E-state index in [1.807, 2.05) is 51.1 Å². The van der Waals surface area contributed by atoms with Crippen molar-refractivity contribution in [1.82, 2.24) is 0 Å². The van der Waals surface area contributed by atoms with E-state index in [2.05, 4.69) is 10.0 Å². The standard InChI is InChI=1S/C19H17N3O3/c1-18(2,3)14-11-13(23)9-10-19(14)15(12-7-5-4-6-8-12)16(21-22-20)17(24)25-19/h4-11H,1-3H3. The largest absolute Gasteiger partial charge is 0.442 e. The van der Waals surface area contributed by atoms with E-state index in [0.717, 1.165) is 0 Å². The summed E-state index contributed by atoms with van der Waals surface area (Å²) in [5.74, 6) is -0.873. The highest BCUT2D eigenvalue weighted by Crippen LogP contribution is 2.51. The summed E-state index contributed by atoms with van der Waals surface area (Å²) in [6.45, 7) is 5.82. The van der Waals surface area contributed by atoms with E-state index in [1.165, 1.54) is 12.2 Å². The second-order valence-electron chi connectivity index (χ2n) is 6.95. The topological polar surface area (TPSA) is 92.1 Å². The average Bonchev–Trinajstić information content (AvgIpc) is 2.83. The number of esters is 1. The van der Waals surface area contributed by atoms with Gasteiger partial charge in [0.2, 0.25) is 0 Å². The predicted octanol–water partition coefficient (Wildman–Crippen LogP) is 4.12. The Hall–Kier alpha value is -3.11. The number of benzene rings is 1. The normalized spacial score (nSPS) is 22.8. The molecule has 1 heterocycles. The van der Waals surface area contributed by atoms with E-state index in [9.17, 15) is 9.59 Å². The molecule has 3 rings (SSSR count). The van der Waals surface area contributed by atoms with Gasteiger partial charge in [0.15, 0.2) is 11.4 Å². The van der Waals surface area contributed by atoms with E-state index < -0.39 is 17.0 Å². The van der Waals surface area contributed by atoms with E-state index in [-0.39, 0.29) is 11.5 Å². The van der Waals surface area contributed by atoms with Crippen LogP contribution in [0, 0.1) is 5.41 Å². The number of ketones is 1. The second-order valence-corrected chi connectivity index (χ2v) is 6.95. The van der Waals surface area contributed by atoms with Gasteiger partial charge >= 0.3 is 5.97 Å². The molecule has 126 valence electrons. The van der Waals surface area contributed by atoms with Crippen LogP contribution in [-0.2, 0) is 14.3 Å². The van der Waals surface area contributed by atoms with Gasteiger partial charge < -0.3 is 4.74 Å². The van der Waals surface area contributed by atoms with Crippen LogP contribution in [0.25, 0.3) is 16.0 Å². The molecule has 0 radical (unpaired) electrons. The van der Waals surface area contributed by atoms with Gasteiger partial charge in [0.05, 0.1) is 0 Å². The fourth-order valence-electron chi connectivity index (χ4n) is 3.28. The lowest BCUT2D eigenvalue weighted by molar-refractivity contribution is -0.142. The van der Waals surface area contributed by atoms with Gasteiger partial charge in [-0.05, 0) is 40.3 Å². The summed E-state index contributed by atoms with van der Waals surface area (Å²) >= 11 is 0. The first-order valence-corrected chi connectivity index (χ1v) is 7.84. The molecule has 2 aliphatic rings. The Labute approximate surface area is 145 Å². The SMILES string of the molecule is CC(C)(C)C1=CC(=O)C=CC12OC(=O)C(N=[N+]=[N-])=C2c1ccccc1. The van der Waals surface area contributed by atoms with Gasteiger partial charge in [-0.25, -0.2) is 4.79 Å². The molecule has 1 aliphatic heterocycles. The third-order valence-corrected chi connectivity index (χ3v) is 4.24. The molecule has 25 heavy (non-hydrogen) atoms. The number of hydrogen-bond acceptors (Lipinski definition) is 4. The van der Waals surface area contributed by atoms with Crippen LogP contribution in [0.3, 0.4) is 0 Å². The summed E-state index contributed by atoms with van der Waals surface area (Å²) in [6, 6.07) is 9.13. The molecule has 1 aromatic rings. The lowest BCUT2D eigenvalue weighted by Crippen LogP contribution is -2.39. The molecule has 1 aliphatic carbocycles. The van der Waals surface area contributed by atoms with Crippen LogP contribution in [0.1, 0.15) is 26.3 Å². The summed E-state index contributed by atoms with van der Waals surface area (Å²) < 4.78 is 5.72. The van der Waals surface area contributed by atoms with E-state index in [4.69, 9.17) is 10.3 Å². The van der Waals surface area contributed by atoms with Crippen LogP contribution in [0.15, 0.2) is 64.9 Å². The zero-order valence-electron chi connectivity index (χ0n) is 14.2. The van der Waals surface area contributed by atoms with Gasteiger partial charge in [-0.2, -0.15) is 0 Å². The van der Waals surface area contributed by atoms with Crippen LogP contribution in [-0.4, -0.2) is 17.4 Å². The van der Waals surface area contributed by atoms with Crippen LogP contribution in [0.4, 0.5) is 0 Å². The molecular weight excluding hydrogens is 318 g/mol. The van der Waals surface area contributed by atoms with E-state index in [0.29, 0.717) is 16.7 Å². The molecular formula is C19H17N3O3. The molecule has 0 aromatic heterocycles. The fraction of sp³-hybridized carbons (Fsp3) is 0.263. The number of azide groups is 1. The molecule has 0 saturated carbocycles. The number of hydrogen-bond donors (Lipinski definition) is 0. The number of carbonyl (C=O) groups excluding carboxylic acids is 2. The first-order chi connectivity index (χ1) is 11.8. The number of rotatable bonds is 2. The molecule has 1 atom stereocenters. The highest BCUT2D eigenvalue weighted by molar-refractivity contribution is 6.10. The van der Waals surface area contributed by atoms with Crippen molar-refractivity contribution in [2.75, 3.05) is 0 Å². The van der Waals surface area contributed by atoms with Crippen molar-refractivity contribution >= 4 is 17.3 Å². The molecule has 0 fully saturated rings. The lowest BCUT2D eigenvalue weighted by Gasteiger charge is -2.39. The Morgan fingerprint density at radius 2 is 1.84 bits per heavy atom. The monoisotopic (exact) mass is 335 g/mol. The molecule has 6 nitrogen and oxygen atoms in total. The lowest BCUT2D eigenvalue weighted by atomic mass is 9.69. The number of ether oxygens (including phenoxy) is 1. The van der Waals surface area contributed by atoms with Crippen molar-refractivity contribution in [3.63, 3.8) is 0 Å². The van der Waals surface area contributed by atoms with Crippen molar-refractivity contribution in [2.24, 2.45) is 10.5 Å². The Kier molecular flexibility index (Phi) is 3.85. The Morgan fingerprint density at radius 1 is 1.16 bits per heavy atom. The van der Waals surface area contributed by atoms with Gasteiger partial charge in [0.25, 0.3) is 0 Å². The molecule has 0 amide bonds. The minimum Gasteiger partial charge on any atom is -0.442 e. The number of carbonyl (C=O) groups is 2. The average molecular weight is 335 g/mol. The first kappa shape index (κ1) is 16.7. The maximum Gasteiger partial charge on any atom is 0.342 e. The summed E-state index contributed by atoms with van der Waals surface area (Å²) in [5.41, 5.74) is 8.90. The third kappa shape index (κ3) is 2.66. The zero-order chi connectivity index (χ0) is 18.2. The summed E-state index contributed by atoms with van der Waals surface area (Å²) in [7, 11) is 0. The maximum absolute atomic E-state index is 12.5. The smallest absolute Gasteiger partial charge is 0.342 e. The van der Waals surface area contributed by atoms with Crippen molar-refractivity contribution in [3.05, 3.63) is 75.8 Å². The molecule has 1 unspecified atom stereocenters. The van der Waals surface area contributed by atoms with Crippen LogP contribution >= 0.6 is 0 Å². The number of nitrogens with zero attached hydrogens (tertiary/aromatic N) is 3. The minimum atomic E-state index is -1.26. The van der Waals surface area contributed by atoms with Crippen molar-refractivity contribution in [2.45, 2.75) is 26.4 Å². The van der Waals surface area contributed by atoms with E-state index in [1.54, 1.807) is 6.08 Å². The van der Waals surface area contributed by atoms with Crippen molar-refractivity contribution in [3.8, 4) is 0 Å². The highest BCUT2D eigenvalue weighted by atomic mass is 16.6.